The van der Waals surface area contributed by atoms with E-state index in [2.05, 4.69) is 0 Å². The van der Waals surface area contributed by atoms with E-state index in [0.29, 0.717) is 11.1 Å². The van der Waals surface area contributed by atoms with Gasteiger partial charge in [0.05, 0.1) is 6.61 Å². The van der Waals surface area contributed by atoms with Crippen LogP contribution in [-0.2, 0) is 16.1 Å². The first kappa shape index (κ1) is 11.6. The van der Waals surface area contributed by atoms with Crippen molar-refractivity contribution in [2.24, 2.45) is 5.73 Å². The summed E-state index contributed by atoms with van der Waals surface area (Å²) in [5.41, 5.74) is 6.26. The molecule has 0 radical (unpaired) electrons. The summed E-state index contributed by atoms with van der Waals surface area (Å²) in [5.74, 6) is -1.60. The highest BCUT2D eigenvalue weighted by Gasteiger charge is 2.18. The Morgan fingerprint density at radius 3 is 2.87 bits per heavy atom. The number of methoxy groups -OCH3 is 1. The van der Waals surface area contributed by atoms with Crippen LogP contribution in [0.5, 0.6) is 0 Å². The number of hydrogen-bond acceptors (Lipinski definition) is 3. The lowest BCUT2D eigenvalue weighted by Crippen LogP contribution is -2.22. The number of hydrogen-bond donors (Lipinski definition) is 2. The maximum atomic E-state index is 12.9. The minimum Gasteiger partial charge on any atom is -0.480 e. The van der Waals surface area contributed by atoms with Crippen molar-refractivity contribution < 1.29 is 19.0 Å². The third-order valence-electron chi connectivity index (χ3n) is 2.01. The Kier molecular flexibility index (Phi) is 3.76. The molecule has 1 aromatic carbocycles. The van der Waals surface area contributed by atoms with Crippen LogP contribution in [0, 0.1) is 5.82 Å². The minimum atomic E-state index is -1.16. The van der Waals surface area contributed by atoms with Crippen LogP contribution < -0.4 is 5.73 Å². The number of ether oxygens (including phenoxy) is 1. The van der Waals surface area contributed by atoms with Gasteiger partial charge in [0.25, 0.3) is 0 Å². The molecule has 1 aromatic rings. The van der Waals surface area contributed by atoms with Crippen LogP contribution in [0.3, 0.4) is 0 Å². The van der Waals surface area contributed by atoms with Gasteiger partial charge in [-0.05, 0) is 23.3 Å². The van der Waals surface area contributed by atoms with Gasteiger partial charge in [-0.2, -0.15) is 0 Å². The maximum Gasteiger partial charge on any atom is 0.325 e. The normalized spacial score (nSPS) is 12.5. The summed E-state index contributed by atoms with van der Waals surface area (Å²) < 4.78 is 17.7. The van der Waals surface area contributed by atoms with Crippen molar-refractivity contribution in [2.75, 3.05) is 7.11 Å². The number of carbonyl (C=O) groups is 1. The van der Waals surface area contributed by atoms with E-state index in [1.165, 1.54) is 25.3 Å². The van der Waals surface area contributed by atoms with Crippen LogP contribution in [0.15, 0.2) is 18.2 Å². The average molecular weight is 213 g/mol. The molecule has 0 saturated carbocycles. The highest BCUT2D eigenvalue weighted by Crippen LogP contribution is 2.18. The predicted octanol–water partition coefficient (Wildman–Crippen LogP) is 1.06. The molecule has 0 spiro atoms. The van der Waals surface area contributed by atoms with Crippen LogP contribution in [-0.4, -0.2) is 18.2 Å². The molecule has 0 heterocycles. The zero-order valence-electron chi connectivity index (χ0n) is 8.24. The van der Waals surface area contributed by atoms with Crippen molar-refractivity contribution in [3.63, 3.8) is 0 Å². The van der Waals surface area contributed by atoms with Crippen molar-refractivity contribution in [1.29, 1.82) is 0 Å². The first-order valence-electron chi connectivity index (χ1n) is 4.32. The van der Waals surface area contributed by atoms with Gasteiger partial charge in [-0.25, -0.2) is 4.39 Å². The Hall–Kier alpha value is -1.46. The largest absolute Gasteiger partial charge is 0.480 e. The zero-order valence-corrected chi connectivity index (χ0v) is 8.24. The lowest BCUT2D eigenvalue weighted by Gasteiger charge is -2.12. The van der Waals surface area contributed by atoms with E-state index in [9.17, 15) is 9.18 Å². The summed E-state index contributed by atoms with van der Waals surface area (Å²) >= 11 is 0. The van der Waals surface area contributed by atoms with E-state index in [1.807, 2.05) is 0 Å². The van der Waals surface area contributed by atoms with Crippen molar-refractivity contribution in [3.05, 3.63) is 35.1 Å². The third-order valence-corrected chi connectivity index (χ3v) is 2.01. The van der Waals surface area contributed by atoms with E-state index >= 15 is 0 Å². The van der Waals surface area contributed by atoms with Gasteiger partial charge in [-0.3, -0.25) is 4.79 Å². The summed E-state index contributed by atoms with van der Waals surface area (Å²) in [6.07, 6.45) is 0. The molecule has 15 heavy (non-hydrogen) atoms. The summed E-state index contributed by atoms with van der Waals surface area (Å²) in [6.45, 7) is 0.133. The van der Waals surface area contributed by atoms with Crippen LogP contribution >= 0.6 is 0 Å². The first-order chi connectivity index (χ1) is 7.06. The van der Waals surface area contributed by atoms with Gasteiger partial charge in [0, 0.05) is 7.11 Å². The van der Waals surface area contributed by atoms with Crippen molar-refractivity contribution >= 4 is 5.97 Å². The summed E-state index contributed by atoms with van der Waals surface area (Å²) in [5, 5.41) is 8.74. The maximum absolute atomic E-state index is 12.9. The number of nitrogens with two attached hydrogens (primary N) is 1. The Bertz CT molecular complexity index is 368. The molecule has 0 bridgehead atoms. The molecule has 0 fully saturated rings. The molecule has 0 aliphatic carbocycles. The number of carboxylic acid groups (broad SMARTS) is 1. The quantitative estimate of drug-likeness (QED) is 0.784. The van der Waals surface area contributed by atoms with Gasteiger partial charge >= 0.3 is 5.97 Å². The standard InChI is InChI=1S/C10H12FNO3/c1-15-5-6-4-7(11)2-3-8(6)9(12)10(13)14/h2-4,9H,5,12H2,1H3,(H,13,14). The Labute approximate surface area is 86.5 Å². The van der Waals surface area contributed by atoms with Crippen LogP contribution in [0.4, 0.5) is 4.39 Å². The predicted molar refractivity (Wildman–Crippen MR) is 51.7 cm³/mol. The van der Waals surface area contributed by atoms with Crippen LogP contribution in [0.25, 0.3) is 0 Å². The average Bonchev–Trinajstić information content (AvgIpc) is 2.17. The number of aliphatic carboxylic acids is 1. The zero-order chi connectivity index (χ0) is 11.4. The molecule has 1 rings (SSSR count). The molecule has 82 valence electrons. The van der Waals surface area contributed by atoms with E-state index in [-0.39, 0.29) is 6.61 Å². The third kappa shape index (κ3) is 2.74. The fraction of sp³-hybridized carbons (Fsp3) is 0.300. The Morgan fingerprint density at radius 1 is 1.67 bits per heavy atom. The molecule has 0 amide bonds. The second kappa shape index (κ2) is 4.86. The Balaban J connectivity index is 3.10. The SMILES string of the molecule is COCc1cc(F)ccc1C(N)C(=O)O. The molecule has 3 N–H and O–H groups in total. The van der Waals surface area contributed by atoms with Gasteiger partial charge in [0.2, 0.25) is 0 Å². The summed E-state index contributed by atoms with van der Waals surface area (Å²) in [4.78, 5) is 10.7. The van der Waals surface area contributed by atoms with Crippen molar-refractivity contribution in [3.8, 4) is 0 Å². The smallest absolute Gasteiger partial charge is 0.325 e. The molecule has 0 aliphatic rings. The van der Waals surface area contributed by atoms with Gasteiger partial charge in [-0.1, -0.05) is 6.07 Å². The highest BCUT2D eigenvalue weighted by atomic mass is 19.1. The van der Waals surface area contributed by atoms with E-state index in [4.69, 9.17) is 15.6 Å². The second-order valence-corrected chi connectivity index (χ2v) is 3.09. The van der Waals surface area contributed by atoms with E-state index in [1.54, 1.807) is 0 Å². The van der Waals surface area contributed by atoms with Gasteiger partial charge in [0.1, 0.15) is 11.9 Å². The fourth-order valence-electron chi connectivity index (χ4n) is 1.29. The Morgan fingerprint density at radius 2 is 2.33 bits per heavy atom. The lowest BCUT2D eigenvalue weighted by atomic mass is 10.0. The molecule has 0 saturated heterocycles. The minimum absolute atomic E-state index is 0.133. The monoisotopic (exact) mass is 213 g/mol. The van der Waals surface area contributed by atoms with Gasteiger partial charge < -0.3 is 15.6 Å². The van der Waals surface area contributed by atoms with Gasteiger partial charge in [-0.15, -0.1) is 0 Å². The molecule has 1 atom stereocenters. The topological polar surface area (TPSA) is 72.5 Å². The highest BCUT2D eigenvalue weighted by molar-refractivity contribution is 5.75. The fourth-order valence-corrected chi connectivity index (χ4v) is 1.29. The van der Waals surface area contributed by atoms with Crippen molar-refractivity contribution in [2.45, 2.75) is 12.6 Å². The first-order valence-corrected chi connectivity index (χ1v) is 4.32. The molecule has 0 aliphatic heterocycles. The van der Waals surface area contributed by atoms with Crippen LogP contribution in [0.2, 0.25) is 0 Å². The van der Waals surface area contributed by atoms with E-state index in [0.717, 1.165) is 0 Å². The number of benzene rings is 1. The lowest BCUT2D eigenvalue weighted by molar-refractivity contribution is -0.138. The summed E-state index contributed by atoms with van der Waals surface area (Å²) in [6, 6.07) is 2.61. The van der Waals surface area contributed by atoms with Crippen molar-refractivity contribution in [1.82, 2.24) is 0 Å². The number of halogens is 1. The van der Waals surface area contributed by atoms with Gasteiger partial charge in [0.15, 0.2) is 0 Å². The number of carboxylic acids is 1. The second-order valence-electron chi connectivity index (χ2n) is 3.09. The van der Waals surface area contributed by atoms with E-state index < -0.39 is 17.8 Å². The van der Waals surface area contributed by atoms with Crippen LogP contribution in [0.1, 0.15) is 17.2 Å². The molecule has 4 nitrogen and oxygen atoms in total. The molecular weight excluding hydrogens is 201 g/mol. The molecule has 0 aromatic heterocycles. The molecule has 5 heteroatoms. The molecular formula is C10H12FNO3. The number of rotatable bonds is 4. The molecule has 1 unspecified atom stereocenters. The summed E-state index contributed by atoms with van der Waals surface area (Å²) in [7, 11) is 1.45.